The zero-order chi connectivity index (χ0) is 30.7. The third-order valence-electron chi connectivity index (χ3n) is 9.62. The number of carbonyl (C=O) groups is 2. The van der Waals surface area contributed by atoms with Gasteiger partial charge in [-0.3, -0.25) is 9.59 Å². The summed E-state index contributed by atoms with van der Waals surface area (Å²) in [6, 6.07) is 3.97. The van der Waals surface area contributed by atoms with E-state index in [1.54, 1.807) is 11.3 Å². The Labute approximate surface area is 253 Å². The first-order valence-corrected chi connectivity index (χ1v) is 16.1. The molecule has 5 rings (SSSR count). The van der Waals surface area contributed by atoms with Crippen LogP contribution in [0.1, 0.15) is 84.4 Å². The number of nitrogens with two attached hydrogens (primary N) is 1. The van der Waals surface area contributed by atoms with Crippen molar-refractivity contribution in [3.63, 3.8) is 0 Å². The molecule has 4 aliphatic rings. The Morgan fingerprint density at radius 2 is 2.07 bits per heavy atom. The van der Waals surface area contributed by atoms with Gasteiger partial charge < -0.3 is 20.4 Å². The van der Waals surface area contributed by atoms with E-state index in [0.29, 0.717) is 49.9 Å². The Bertz CT molecular complexity index is 1150. The van der Waals surface area contributed by atoms with Crippen molar-refractivity contribution in [1.29, 1.82) is 0 Å². The van der Waals surface area contributed by atoms with Crippen LogP contribution < -0.4 is 16.5 Å². The molecule has 3 saturated carbocycles. The standard InChI is InChI=1S/C29H46BN5O6S/c1-18(2)14-25(30-40-24-17-20-16-23(28(20,3)4)29(24,5)41-30)33-26(37)19(8-6-12-32-27(31)34-35(38)39)15-21(36)10-11-22-9-7-13-42-22/h7,9,13,18-20,23-25H,6,8,10-12,14-17H2,1-5H3,(H,33,37)(H3,31,32,34)/t19-,20+,23+,24-,25+,29+/m1/s1. The molecule has 0 radical (unpaired) electrons. The maximum absolute atomic E-state index is 13.8. The number of aryl methyl sites for hydroxylation is 1. The molecule has 13 heteroatoms. The minimum atomic E-state index is -0.774. The van der Waals surface area contributed by atoms with Gasteiger partial charge in [-0.15, -0.1) is 11.3 Å². The molecule has 1 aliphatic heterocycles. The second-order valence-corrected chi connectivity index (χ2v) is 14.4. The molecular formula is C29H46BN5O6S. The summed E-state index contributed by atoms with van der Waals surface area (Å²) in [5.74, 6) is -0.0537. The Hall–Kier alpha value is -2.51. The van der Waals surface area contributed by atoms with Crippen LogP contribution in [0.25, 0.3) is 0 Å². The third kappa shape index (κ3) is 7.52. The van der Waals surface area contributed by atoms with Crippen molar-refractivity contribution in [1.82, 2.24) is 10.7 Å². The maximum atomic E-state index is 13.8. The number of hydrogen-bond acceptors (Lipinski definition) is 8. The van der Waals surface area contributed by atoms with E-state index in [9.17, 15) is 19.7 Å². The lowest BCUT2D eigenvalue weighted by Gasteiger charge is -2.64. The molecule has 1 aromatic heterocycles. The number of carbonyl (C=O) groups excluding carboxylic acids is 2. The van der Waals surface area contributed by atoms with E-state index in [0.717, 1.165) is 17.7 Å². The molecule has 3 aliphatic carbocycles. The largest absolute Gasteiger partial charge is 0.481 e. The average Bonchev–Trinajstić information content (AvgIpc) is 3.55. The minimum absolute atomic E-state index is 0.0107. The second-order valence-electron chi connectivity index (χ2n) is 13.4. The number of thiophene rings is 1. The number of nitrogens with zero attached hydrogens (tertiary/aromatic N) is 2. The minimum Gasteiger partial charge on any atom is -0.404 e. The summed E-state index contributed by atoms with van der Waals surface area (Å²) in [5, 5.41) is 15.0. The first-order valence-electron chi connectivity index (χ1n) is 15.2. The number of amides is 1. The summed E-state index contributed by atoms with van der Waals surface area (Å²) in [4.78, 5) is 42.4. The van der Waals surface area contributed by atoms with E-state index in [4.69, 9.17) is 15.0 Å². The molecule has 4 fully saturated rings. The van der Waals surface area contributed by atoms with Crippen molar-refractivity contribution in [3.05, 3.63) is 32.5 Å². The van der Waals surface area contributed by atoms with Crippen molar-refractivity contribution >= 4 is 36.1 Å². The summed E-state index contributed by atoms with van der Waals surface area (Å²) in [5.41, 5.74) is 7.18. The lowest BCUT2D eigenvalue weighted by atomic mass is 9.43. The van der Waals surface area contributed by atoms with E-state index >= 15 is 0 Å². The topological polar surface area (TPSA) is 158 Å². The number of hydrazine groups is 1. The van der Waals surface area contributed by atoms with Crippen LogP contribution in [0.15, 0.2) is 22.5 Å². The number of hydrogen-bond donors (Lipinski definition) is 3. The molecule has 1 saturated heterocycles. The molecule has 6 atom stereocenters. The first kappa shape index (κ1) is 32.4. The Balaban J connectivity index is 1.42. The van der Waals surface area contributed by atoms with Gasteiger partial charge in [0.1, 0.15) is 5.78 Å². The van der Waals surface area contributed by atoms with Gasteiger partial charge in [-0.1, -0.05) is 39.2 Å². The fourth-order valence-corrected chi connectivity index (χ4v) is 7.91. The number of rotatable bonds is 15. The van der Waals surface area contributed by atoms with E-state index in [1.165, 1.54) is 0 Å². The molecule has 0 aromatic carbocycles. The lowest BCUT2D eigenvalue weighted by Crippen LogP contribution is -2.65. The van der Waals surface area contributed by atoms with Crippen molar-refractivity contribution < 1.29 is 23.9 Å². The normalized spacial score (nSPS) is 27.6. The molecule has 11 nitrogen and oxygen atoms in total. The van der Waals surface area contributed by atoms with Crippen LogP contribution in [0, 0.1) is 39.2 Å². The van der Waals surface area contributed by atoms with Gasteiger partial charge in [-0.2, -0.15) is 0 Å². The molecule has 0 spiro atoms. The fourth-order valence-electron chi connectivity index (χ4n) is 7.20. The van der Waals surface area contributed by atoms with Crippen LogP contribution in [-0.4, -0.2) is 54.0 Å². The van der Waals surface area contributed by atoms with Gasteiger partial charge in [0.15, 0.2) is 5.03 Å². The van der Waals surface area contributed by atoms with Crippen LogP contribution in [0.2, 0.25) is 0 Å². The Morgan fingerprint density at radius 1 is 1.31 bits per heavy atom. The van der Waals surface area contributed by atoms with Crippen molar-refractivity contribution in [2.75, 3.05) is 6.54 Å². The highest BCUT2D eigenvalue weighted by atomic mass is 32.1. The Morgan fingerprint density at radius 3 is 2.71 bits per heavy atom. The van der Waals surface area contributed by atoms with Gasteiger partial charge in [-0.05, 0) is 80.1 Å². The molecule has 232 valence electrons. The molecule has 1 amide bonds. The summed E-state index contributed by atoms with van der Waals surface area (Å²) in [7, 11) is -0.547. The monoisotopic (exact) mass is 603 g/mol. The van der Waals surface area contributed by atoms with E-state index < -0.39 is 18.1 Å². The van der Waals surface area contributed by atoms with Crippen molar-refractivity contribution in [2.24, 2.45) is 39.8 Å². The SMILES string of the molecule is CC(C)C[C@H](NC(=O)[C@H](CCCN=C(N)N[N+](=O)[O-])CC(=O)CCc1cccs1)B1O[C@@H]2C[C@@H]3C[C@@H](C3(C)C)[C@]2(C)O1. The number of nitro groups is 1. The van der Waals surface area contributed by atoms with Crippen LogP contribution >= 0.6 is 11.3 Å². The highest BCUT2D eigenvalue weighted by Crippen LogP contribution is 2.65. The predicted octanol–water partition coefficient (Wildman–Crippen LogP) is 3.93. The summed E-state index contributed by atoms with van der Waals surface area (Å²) in [6.45, 7) is 11.2. The summed E-state index contributed by atoms with van der Waals surface area (Å²) in [6.07, 6.45) is 4.78. The number of Topliss-reactive ketones (excluding diaryl/α,β-unsaturated/α-hetero) is 1. The number of aliphatic imine (C=N–C) groups is 1. The molecule has 4 N–H and O–H groups in total. The van der Waals surface area contributed by atoms with Gasteiger partial charge in [-0.25, -0.2) is 15.1 Å². The van der Waals surface area contributed by atoms with Gasteiger partial charge in [0, 0.05) is 30.2 Å². The second kappa shape index (κ2) is 13.4. The van der Waals surface area contributed by atoms with Crippen LogP contribution in [-0.2, 0) is 25.3 Å². The summed E-state index contributed by atoms with van der Waals surface area (Å²) < 4.78 is 13.2. The van der Waals surface area contributed by atoms with Crippen molar-refractivity contribution in [3.8, 4) is 0 Å². The van der Waals surface area contributed by atoms with Gasteiger partial charge >= 0.3 is 7.12 Å². The molecule has 2 bridgehead atoms. The summed E-state index contributed by atoms with van der Waals surface area (Å²) >= 11 is 1.61. The van der Waals surface area contributed by atoms with E-state index in [1.807, 2.05) is 22.9 Å². The van der Waals surface area contributed by atoms with Crippen molar-refractivity contribution in [2.45, 2.75) is 104 Å². The highest BCUT2D eigenvalue weighted by Gasteiger charge is 2.68. The van der Waals surface area contributed by atoms with Crippen LogP contribution in [0.4, 0.5) is 0 Å². The molecular weight excluding hydrogens is 557 g/mol. The third-order valence-corrected chi connectivity index (χ3v) is 10.6. The molecule has 42 heavy (non-hydrogen) atoms. The quantitative estimate of drug-likeness (QED) is 0.0680. The van der Waals surface area contributed by atoms with Gasteiger partial charge in [0.2, 0.25) is 5.91 Å². The zero-order valence-corrected chi connectivity index (χ0v) is 26.3. The first-order chi connectivity index (χ1) is 19.8. The van der Waals surface area contributed by atoms with E-state index in [2.05, 4.69) is 44.9 Å². The fraction of sp³-hybridized carbons (Fsp3) is 0.759. The van der Waals surface area contributed by atoms with Gasteiger partial charge in [0.05, 0.1) is 17.6 Å². The number of guanidine groups is 1. The lowest BCUT2D eigenvalue weighted by molar-refractivity contribution is -0.525. The van der Waals surface area contributed by atoms with Crippen LogP contribution in [0.3, 0.4) is 0 Å². The highest BCUT2D eigenvalue weighted by molar-refractivity contribution is 7.09. The molecule has 1 aromatic rings. The van der Waals surface area contributed by atoms with Gasteiger partial charge in [0.25, 0.3) is 5.96 Å². The van der Waals surface area contributed by atoms with Crippen LogP contribution in [0.5, 0.6) is 0 Å². The Kier molecular flexibility index (Phi) is 10.4. The predicted molar refractivity (Wildman–Crippen MR) is 163 cm³/mol. The zero-order valence-electron chi connectivity index (χ0n) is 25.5. The number of ketones is 1. The van der Waals surface area contributed by atoms with E-state index in [-0.39, 0.29) is 53.7 Å². The average molecular weight is 604 g/mol. The number of nitrogens with one attached hydrogen (secondary N) is 2. The molecule has 2 heterocycles. The molecule has 0 unspecified atom stereocenters. The smallest absolute Gasteiger partial charge is 0.404 e. The maximum Gasteiger partial charge on any atom is 0.481 e.